The van der Waals surface area contributed by atoms with Gasteiger partial charge in [0.05, 0.1) is 27.3 Å². The molecule has 2 rings (SSSR count). The van der Waals surface area contributed by atoms with Gasteiger partial charge in [0.15, 0.2) is 0 Å². The first-order valence-electron chi connectivity index (χ1n) is 5.72. The molecule has 96 valence electrons. The van der Waals surface area contributed by atoms with Crippen molar-refractivity contribution in [1.82, 2.24) is 10.3 Å². The van der Waals surface area contributed by atoms with Crippen LogP contribution in [0, 0.1) is 6.92 Å². The third-order valence-electron chi connectivity index (χ3n) is 2.75. The molecule has 0 fully saturated rings. The SMILES string of the molecule is CCNC(c1cccc(Cl)c1Cl)c1scnc1C. The van der Waals surface area contributed by atoms with Crippen LogP contribution in [0.3, 0.4) is 0 Å². The van der Waals surface area contributed by atoms with Gasteiger partial charge in [-0.1, -0.05) is 42.3 Å². The highest BCUT2D eigenvalue weighted by Crippen LogP contribution is 2.35. The predicted octanol–water partition coefficient (Wildman–Crippen LogP) is 4.46. The molecule has 2 aromatic rings. The van der Waals surface area contributed by atoms with Crippen molar-refractivity contribution in [2.24, 2.45) is 0 Å². The summed E-state index contributed by atoms with van der Waals surface area (Å²) >= 11 is 14.0. The van der Waals surface area contributed by atoms with Crippen molar-refractivity contribution < 1.29 is 0 Å². The van der Waals surface area contributed by atoms with Crippen molar-refractivity contribution >= 4 is 34.5 Å². The molecule has 18 heavy (non-hydrogen) atoms. The summed E-state index contributed by atoms with van der Waals surface area (Å²) in [5.74, 6) is 0. The zero-order chi connectivity index (χ0) is 13.1. The van der Waals surface area contributed by atoms with Crippen LogP contribution in [-0.4, -0.2) is 11.5 Å². The van der Waals surface area contributed by atoms with Crippen LogP contribution in [0.25, 0.3) is 0 Å². The Balaban J connectivity index is 2.48. The fourth-order valence-corrected chi connectivity index (χ4v) is 3.19. The highest BCUT2D eigenvalue weighted by molar-refractivity contribution is 7.09. The first kappa shape index (κ1) is 13.8. The minimum atomic E-state index is 0.0497. The minimum Gasteiger partial charge on any atom is -0.306 e. The Kier molecular flexibility index (Phi) is 4.62. The van der Waals surface area contributed by atoms with Crippen LogP contribution in [0.4, 0.5) is 0 Å². The summed E-state index contributed by atoms with van der Waals surface area (Å²) < 4.78 is 0. The lowest BCUT2D eigenvalue weighted by Gasteiger charge is -2.19. The van der Waals surface area contributed by atoms with Crippen LogP contribution in [0.2, 0.25) is 10.0 Å². The van der Waals surface area contributed by atoms with E-state index in [1.807, 2.05) is 24.6 Å². The number of nitrogens with zero attached hydrogens (tertiary/aromatic N) is 1. The third kappa shape index (κ3) is 2.69. The number of aryl methyl sites for hydroxylation is 1. The van der Waals surface area contributed by atoms with Crippen LogP contribution in [0.5, 0.6) is 0 Å². The van der Waals surface area contributed by atoms with Crippen LogP contribution in [0.15, 0.2) is 23.7 Å². The highest BCUT2D eigenvalue weighted by atomic mass is 35.5. The molecular formula is C13H14Cl2N2S. The van der Waals surface area contributed by atoms with Gasteiger partial charge in [-0.25, -0.2) is 4.98 Å². The van der Waals surface area contributed by atoms with Crippen molar-refractivity contribution in [1.29, 1.82) is 0 Å². The monoisotopic (exact) mass is 300 g/mol. The summed E-state index contributed by atoms with van der Waals surface area (Å²) in [5, 5.41) is 4.63. The number of hydrogen-bond donors (Lipinski definition) is 1. The van der Waals surface area contributed by atoms with E-state index in [0.29, 0.717) is 10.0 Å². The summed E-state index contributed by atoms with van der Waals surface area (Å²) in [7, 11) is 0. The second-order valence-electron chi connectivity index (χ2n) is 3.94. The molecule has 2 nitrogen and oxygen atoms in total. The summed E-state index contributed by atoms with van der Waals surface area (Å²) in [6.07, 6.45) is 0. The molecule has 0 aliphatic rings. The van der Waals surface area contributed by atoms with E-state index in [1.165, 1.54) is 4.88 Å². The van der Waals surface area contributed by atoms with Crippen molar-refractivity contribution in [2.45, 2.75) is 19.9 Å². The Morgan fingerprint density at radius 1 is 1.39 bits per heavy atom. The number of hydrogen-bond acceptors (Lipinski definition) is 3. The van der Waals surface area contributed by atoms with Gasteiger partial charge >= 0.3 is 0 Å². The molecule has 1 heterocycles. The molecule has 1 N–H and O–H groups in total. The van der Waals surface area contributed by atoms with Crippen molar-refractivity contribution in [3.8, 4) is 0 Å². The molecule has 0 aliphatic heterocycles. The fraction of sp³-hybridized carbons (Fsp3) is 0.308. The quantitative estimate of drug-likeness (QED) is 0.902. The molecule has 0 radical (unpaired) electrons. The second kappa shape index (κ2) is 6.02. The standard InChI is InChI=1S/C13H14Cl2N2S/c1-3-16-12(13-8(2)17-7-18-13)9-5-4-6-10(14)11(9)15/h4-7,12,16H,3H2,1-2H3. The first-order chi connectivity index (χ1) is 8.65. The van der Waals surface area contributed by atoms with Crippen molar-refractivity contribution in [2.75, 3.05) is 6.54 Å². The Hall–Kier alpha value is -0.610. The van der Waals surface area contributed by atoms with E-state index >= 15 is 0 Å². The fourth-order valence-electron chi connectivity index (χ4n) is 1.88. The first-order valence-corrected chi connectivity index (χ1v) is 7.36. The third-order valence-corrected chi connectivity index (χ3v) is 4.57. The Morgan fingerprint density at radius 2 is 2.17 bits per heavy atom. The molecule has 1 atom stereocenters. The summed E-state index contributed by atoms with van der Waals surface area (Å²) in [6, 6.07) is 5.77. The lowest BCUT2D eigenvalue weighted by molar-refractivity contribution is 0.636. The Bertz CT molecular complexity index is 540. The van der Waals surface area contributed by atoms with Gasteiger partial charge in [-0.2, -0.15) is 0 Å². The molecule has 0 bridgehead atoms. The van der Waals surface area contributed by atoms with Crippen molar-refractivity contribution in [3.05, 3.63) is 49.9 Å². The number of aromatic nitrogens is 1. The molecule has 1 unspecified atom stereocenters. The molecule has 5 heteroatoms. The van der Waals surface area contributed by atoms with E-state index in [2.05, 4.69) is 17.2 Å². The van der Waals surface area contributed by atoms with Crippen molar-refractivity contribution in [3.63, 3.8) is 0 Å². The lowest BCUT2D eigenvalue weighted by Crippen LogP contribution is -2.22. The number of thiazole rings is 1. The molecular weight excluding hydrogens is 287 g/mol. The lowest BCUT2D eigenvalue weighted by atomic mass is 10.0. The molecule has 1 aromatic carbocycles. The normalized spacial score (nSPS) is 12.7. The molecule has 0 saturated heterocycles. The van der Waals surface area contributed by atoms with Gasteiger partial charge in [0.25, 0.3) is 0 Å². The molecule has 0 saturated carbocycles. The largest absolute Gasteiger partial charge is 0.306 e. The highest BCUT2D eigenvalue weighted by Gasteiger charge is 2.20. The Labute approximate surface area is 121 Å². The zero-order valence-corrected chi connectivity index (χ0v) is 12.5. The van der Waals surface area contributed by atoms with Gasteiger partial charge in [-0.05, 0) is 25.1 Å². The number of halogens is 2. The van der Waals surface area contributed by atoms with Crippen LogP contribution < -0.4 is 5.32 Å². The average Bonchev–Trinajstić information content (AvgIpc) is 2.76. The maximum Gasteiger partial charge on any atom is 0.0798 e. The van der Waals surface area contributed by atoms with Gasteiger partial charge < -0.3 is 5.32 Å². The topological polar surface area (TPSA) is 24.9 Å². The van der Waals surface area contributed by atoms with Gasteiger partial charge in [0.1, 0.15) is 0 Å². The second-order valence-corrected chi connectivity index (χ2v) is 5.61. The van der Waals surface area contributed by atoms with Crippen LogP contribution >= 0.6 is 34.5 Å². The van der Waals surface area contributed by atoms with E-state index in [4.69, 9.17) is 23.2 Å². The van der Waals surface area contributed by atoms with Gasteiger partial charge in [0, 0.05) is 4.88 Å². The van der Waals surface area contributed by atoms with Crippen LogP contribution in [-0.2, 0) is 0 Å². The molecule has 0 spiro atoms. The predicted molar refractivity (Wildman–Crippen MR) is 78.8 cm³/mol. The maximum atomic E-state index is 6.31. The number of nitrogens with one attached hydrogen (secondary N) is 1. The number of benzene rings is 1. The Morgan fingerprint density at radius 3 is 2.78 bits per heavy atom. The van der Waals surface area contributed by atoms with E-state index in [9.17, 15) is 0 Å². The smallest absolute Gasteiger partial charge is 0.0798 e. The van der Waals surface area contributed by atoms with E-state index in [0.717, 1.165) is 17.8 Å². The summed E-state index contributed by atoms with van der Waals surface area (Å²) in [6.45, 7) is 4.93. The zero-order valence-electron chi connectivity index (χ0n) is 10.2. The van der Waals surface area contributed by atoms with E-state index < -0.39 is 0 Å². The molecule has 0 amide bonds. The maximum absolute atomic E-state index is 6.31. The van der Waals surface area contributed by atoms with E-state index in [1.54, 1.807) is 17.4 Å². The average molecular weight is 301 g/mol. The minimum absolute atomic E-state index is 0.0497. The van der Waals surface area contributed by atoms with Gasteiger partial charge in [0.2, 0.25) is 0 Å². The summed E-state index contributed by atoms with van der Waals surface area (Å²) in [5.41, 5.74) is 3.88. The van der Waals surface area contributed by atoms with Gasteiger partial charge in [-0.15, -0.1) is 11.3 Å². The summed E-state index contributed by atoms with van der Waals surface area (Å²) in [4.78, 5) is 5.48. The van der Waals surface area contributed by atoms with Gasteiger partial charge in [-0.3, -0.25) is 0 Å². The van der Waals surface area contributed by atoms with E-state index in [-0.39, 0.29) is 6.04 Å². The van der Waals surface area contributed by atoms with Crippen LogP contribution in [0.1, 0.15) is 29.1 Å². The number of rotatable bonds is 4. The molecule has 0 aliphatic carbocycles. The molecule has 1 aromatic heterocycles.